The smallest absolute Gasteiger partial charge is 0.234 e. The third kappa shape index (κ3) is 5.61. The number of halogens is 1. The summed E-state index contributed by atoms with van der Waals surface area (Å²) in [6.07, 6.45) is 2.99. The number of anilines is 1. The van der Waals surface area contributed by atoms with Crippen LogP contribution >= 0.6 is 23.4 Å². The molecule has 0 aliphatic carbocycles. The second kappa shape index (κ2) is 10.3. The number of aryl methyl sites for hydroxylation is 1. The molecule has 1 aromatic carbocycles. The molecule has 1 unspecified atom stereocenters. The lowest BCUT2D eigenvalue weighted by atomic mass is 10.2. The molecule has 2 heterocycles. The van der Waals surface area contributed by atoms with Crippen LogP contribution in [0.25, 0.3) is 0 Å². The van der Waals surface area contributed by atoms with Crippen molar-refractivity contribution in [3.05, 3.63) is 71.8 Å². The summed E-state index contributed by atoms with van der Waals surface area (Å²) in [6.45, 7) is 8.23. The number of aromatic nitrogens is 4. The molecule has 0 radical (unpaired) electrons. The van der Waals surface area contributed by atoms with Crippen molar-refractivity contribution in [1.82, 2.24) is 19.7 Å². The molecule has 0 saturated carbocycles. The Morgan fingerprint density at radius 1 is 1.37 bits per heavy atom. The second-order valence-corrected chi connectivity index (χ2v) is 7.80. The lowest BCUT2D eigenvalue weighted by molar-refractivity contribution is -0.113. The predicted octanol–water partition coefficient (Wildman–Crippen LogP) is 4.69. The zero-order valence-corrected chi connectivity index (χ0v) is 18.3. The summed E-state index contributed by atoms with van der Waals surface area (Å²) in [5, 5.41) is 12.1. The van der Waals surface area contributed by atoms with Gasteiger partial charge >= 0.3 is 0 Å². The summed E-state index contributed by atoms with van der Waals surface area (Å²) in [4.78, 5) is 16.2. The number of benzene rings is 1. The van der Waals surface area contributed by atoms with Gasteiger partial charge in [0.15, 0.2) is 22.2 Å². The Balaban J connectivity index is 1.68. The molecule has 2 aromatic heterocycles. The molecular formula is C21H22ClN5O2S. The Morgan fingerprint density at radius 2 is 2.20 bits per heavy atom. The fourth-order valence-electron chi connectivity index (χ4n) is 2.75. The highest BCUT2D eigenvalue weighted by molar-refractivity contribution is 7.99. The highest BCUT2D eigenvalue weighted by Gasteiger charge is 2.20. The van der Waals surface area contributed by atoms with Crippen molar-refractivity contribution in [2.24, 2.45) is 0 Å². The maximum atomic E-state index is 12.3. The minimum absolute atomic E-state index is 0.146. The molecule has 1 amide bonds. The van der Waals surface area contributed by atoms with Crippen molar-refractivity contribution >= 4 is 35.0 Å². The van der Waals surface area contributed by atoms with Crippen LogP contribution in [-0.2, 0) is 11.3 Å². The van der Waals surface area contributed by atoms with Crippen LogP contribution in [0.5, 0.6) is 5.75 Å². The number of pyridine rings is 1. The van der Waals surface area contributed by atoms with Gasteiger partial charge in [-0.15, -0.1) is 16.8 Å². The number of carbonyl (C=O) groups excluding carboxylic acids is 1. The van der Waals surface area contributed by atoms with Gasteiger partial charge in [0, 0.05) is 12.7 Å². The van der Waals surface area contributed by atoms with Gasteiger partial charge in [0.2, 0.25) is 5.91 Å². The van der Waals surface area contributed by atoms with Gasteiger partial charge in [0.05, 0.1) is 11.4 Å². The lowest BCUT2D eigenvalue weighted by Crippen LogP contribution is -2.16. The Kier molecular flexibility index (Phi) is 7.48. The van der Waals surface area contributed by atoms with Gasteiger partial charge < -0.3 is 10.1 Å². The van der Waals surface area contributed by atoms with Gasteiger partial charge in [-0.3, -0.25) is 9.36 Å². The number of thioether (sulfide) groups is 1. The van der Waals surface area contributed by atoms with Crippen molar-refractivity contribution < 1.29 is 9.53 Å². The average molecular weight is 444 g/mol. The molecule has 7 nitrogen and oxygen atoms in total. The van der Waals surface area contributed by atoms with Crippen LogP contribution in [0.4, 0.5) is 5.69 Å². The number of hydrogen-bond acceptors (Lipinski definition) is 6. The first-order chi connectivity index (χ1) is 14.5. The van der Waals surface area contributed by atoms with E-state index in [0.29, 0.717) is 23.2 Å². The van der Waals surface area contributed by atoms with Crippen LogP contribution in [0.1, 0.15) is 24.4 Å². The van der Waals surface area contributed by atoms with E-state index in [2.05, 4.69) is 27.1 Å². The van der Waals surface area contributed by atoms with Crippen molar-refractivity contribution in [2.75, 3.05) is 11.1 Å². The number of ether oxygens (including phenoxy) is 1. The molecule has 0 aliphatic heterocycles. The zero-order valence-electron chi connectivity index (χ0n) is 16.7. The molecule has 1 N–H and O–H groups in total. The number of amides is 1. The number of rotatable bonds is 9. The molecule has 0 fully saturated rings. The number of nitrogens with one attached hydrogen (secondary N) is 1. The van der Waals surface area contributed by atoms with E-state index in [1.165, 1.54) is 11.8 Å². The van der Waals surface area contributed by atoms with Crippen molar-refractivity contribution in [3.8, 4) is 5.75 Å². The first-order valence-corrected chi connectivity index (χ1v) is 10.6. The highest BCUT2D eigenvalue weighted by atomic mass is 35.5. The zero-order chi connectivity index (χ0) is 21.5. The molecule has 3 aromatic rings. The quantitative estimate of drug-likeness (QED) is 0.293. The largest absolute Gasteiger partial charge is 0.483 e. The molecule has 0 spiro atoms. The van der Waals surface area contributed by atoms with E-state index in [1.807, 2.05) is 42.7 Å². The first-order valence-electron chi connectivity index (χ1n) is 9.28. The Morgan fingerprint density at radius 3 is 2.93 bits per heavy atom. The third-order valence-electron chi connectivity index (χ3n) is 4.09. The first kappa shape index (κ1) is 21.9. The van der Waals surface area contributed by atoms with Gasteiger partial charge in [0.1, 0.15) is 5.75 Å². The van der Waals surface area contributed by atoms with E-state index in [-0.39, 0.29) is 22.9 Å². The van der Waals surface area contributed by atoms with Crippen LogP contribution in [0.15, 0.2) is 60.4 Å². The van der Waals surface area contributed by atoms with Crippen LogP contribution in [0.2, 0.25) is 5.15 Å². The highest BCUT2D eigenvalue weighted by Crippen LogP contribution is 2.25. The van der Waals surface area contributed by atoms with Gasteiger partial charge in [-0.1, -0.05) is 41.6 Å². The number of nitrogens with zero attached hydrogens (tertiary/aromatic N) is 4. The Hall–Kier alpha value is -2.84. The van der Waals surface area contributed by atoms with Crippen LogP contribution in [0.3, 0.4) is 0 Å². The molecule has 30 heavy (non-hydrogen) atoms. The van der Waals surface area contributed by atoms with Crippen LogP contribution in [-0.4, -0.2) is 31.4 Å². The normalized spacial score (nSPS) is 11.7. The van der Waals surface area contributed by atoms with Gasteiger partial charge in [-0.05, 0) is 43.7 Å². The Bertz CT molecular complexity index is 1040. The number of hydrogen-bond donors (Lipinski definition) is 1. The van der Waals surface area contributed by atoms with Crippen molar-refractivity contribution in [3.63, 3.8) is 0 Å². The Labute approximate surface area is 184 Å². The third-order valence-corrected chi connectivity index (χ3v) is 5.36. The second-order valence-electron chi connectivity index (χ2n) is 6.50. The van der Waals surface area contributed by atoms with Gasteiger partial charge in [-0.25, -0.2) is 4.98 Å². The molecular weight excluding hydrogens is 422 g/mol. The SMILES string of the molecule is C=CCn1c(SCC(=O)Nc2cccnc2Cl)nnc1C(C)Oc1cccc(C)c1. The lowest BCUT2D eigenvalue weighted by Gasteiger charge is -2.16. The molecule has 3 rings (SSSR count). The van der Waals surface area contributed by atoms with Crippen LogP contribution in [0, 0.1) is 6.92 Å². The van der Waals surface area contributed by atoms with E-state index in [1.54, 1.807) is 24.4 Å². The molecule has 0 bridgehead atoms. The van der Waals surface area contributed by atoms with E-state index in [9.17, 15) is 4.79 Å². The molecule has 1 atom stereocenters. The van der Waals surface area contributed by atoms with Crippen molar-refractivity contribution in [1.29, 1.82) is 0 Å². The predicted molar refractivity (Wildman–Crippen MR) is 119 cm³/mol. The van der Waals surface area contributed by atoms with E-state index in [0.717, 1.165) is 11.3 Å². The number of carbonyl (C=O) groups is 1. The van der Waals surface area contributed by atoms with Crippen LogP contribution < -0.4 is 10.1 Å². The fourth-order valence-corrected chi connectivity index (χ4v) is 3.67. The summed E-state index contributed by atoms with van der Waals surface area (Å²) in [7, 11) is 0. The summed E-state index contributed by atoms with van der Waals surface area (Å²) in [5.41, 5.74) is 1.58. The summed E-state index contributed by atoms with van der Waals surface area (Å²) < 4.78 is 7.92. The minimum atomic E-state index is -0.323. The molecule has 156 valence electrons. The maximum Gasteiger partial charge on any atom is 0.234 e. The average Bonchev–Trinajstić information content (AvgIpc) is 3.11. The van der Waals surface area contributed by atoms with Crippen molar-refractivity contribution in [2.45, 2.75) is 31.7 Å². The van der Waals surface area contributed by atoms with Gasteiger partial charge in [0.25, 0.3) is 0 Å². The standard InChI is InChI=1S/C21H22ClN5O2S/c1-4-11-27-20(15(3)29-16-8-5-7-14(2)12-16)25-26-21(27)30-13-18(28)24-17-9-6-10-23-19(17)22/h4-10,12,15H,1,11,13H2,2-3H3,(H,24,28). The summed E-state index contributed by atoms with van der Waals surface area (Å²) >= 11 is 7.26. The van der Waals surface area contributed by atoms with E-state index < -0.39 is 0 Å². The topological polar surface area (TPSA) is 81.9 Å². The monoisotopic (exact) mass is 443 g/mol. The summed E-state index contributed by atoms with van der Waals surface area (Å²) in [6, 6.07) is 11.2. The van der Waals surface area contributed by atoms with E-state index >= 15 is 0 Å². The molecule has 0 aliphatic rings. The maximum absolute atomic E-state index is 12.3. The minimum Gasteiger partial charge on any atom is -0.483 e. The molecule has 0 saturated heterocycles. The van der Waals surface area contributed by atoms with Gasteiger partial charge in [-0.2, -0.15) is 0 Å². The summed E-state index contributed by atoms with van der Waals surface area (Å²) in [5.74, 6) is 1.36. The van der Waals surface area contributed by atoms with E-state index in [4.69, 9.17) is 16.3 Å². The number of allylic oxidation sites excluding steroid dienone is 1. The molecule has 9 heteroatoms. The fraction of sp³-hybridized carbons (Fsp3) is 0.238.